The Morgan fingerprint density at radius 3 is 2.65 bits per heavy atom. The molecule has 0 bridgehead atoms. The Morgan fingerprint density at radius 1 is 1.20 bits per heavy atom. The van der Waals surface area contributed by atoms with Gasteiger partial charge >= 0.3 is 0 Å². The number of halogens is 1. The van der Waals surface area contributed by atoms with Crippen molar-refractivity contribution in [2.75, 3.05) is 17.8 Å². The summed E-state index contributed by atoms with van der Waals surface area (Å²) in [5, 5.41) is 3.09. The van der Waals surface area contributed by atoms with Gasteiger partial charge < -0.3 is 20.5 Å². The minimum absolute atomic E-state index is 0.149. The van der Waals surface area contributed by atoms with Crippen LogP contribution in [0.2, 0.25) is 5.02 Å². The second kappa shape index (κ2) is 4.94. The van der Waals surface area contributed by atoms with Gasteiger partial charge in [-0.1, -0.05) is 23.7 Å². The van der Waals surface area contributed by atoms with Gasteiger partial charge in [0.05, 0.1) is 22.0 Å². The molecule has 6 heteroatoms. The highest BCUT2D eigenvalue weighted by atomic mass is 35.5. The molecule has 0 saturated carbocycles. The standard InChI is InChI=1S/C14H11ClN2O3/c15-9-4-2-1-3-8(9)14(18)17-11-6-13-12(5-10(11)16)19-7-20-13/h1-6H,7,16H2,(H,17,18). The zero-order valence-corrected chi connectivity index (χ0v) is 11.1. The van der Waals surface area contributed by atoms with Crippen LogP contribution in [0, 0.1) is 0 Å². The molecular formula is C14H11ClN2O3. The van der Waals surface area contributed by atoms with Crippen molar-refractivity contribution in [1.29, 1.82) is 0 Å². The quantitative estimate of drug-likeness (QED) is 0.834. The number of nitrogens with two attached hydrogens (primary N) is 1. The third-order valence-corrected chi connectivity index (χ3v) is 3.24. The fourth-order valence-corrected chi connectivity index (χ4v) is 2.12. The Hall–Kier alpha value is -2.40. The van der Waals surface area contributed by atoms with E-state index in [4.69, 9.17) is 26.8 Å². The van der Waals surface area contributed by atoms with Crippen LogP contribution in [0.25, 0.3) is 0 Å². The summed E-state index contributed by atoms with van der Waals surface area (Å²) in [5.41, 5.74) is 7.11. The second-order valence-electron chi connectivity index (χ2n) is 4.23. The predicted molar refractivity (Wildman–Crippen MR) is 76.4 cm³/mol. The van der Waals surface area contributed by atoms with Crippen LogP contribution in [-0.2, 0) is 0 Å². The molecule has 1 amide bonds. The van der Waals surface area contributed by atoms with Crippen LogP contribution < -0.4 is 20.5 Å². The summed E-state index contributed by atoms with van der Waals surface area (Å²) in [6.45, 7) is 0.149. The highest BCUT2D eigenvalue weighted by Gasteiger charge is 2.18. The van der Waals surface area contributed by atoms with Gasteiger partial charge in [0.1, 0.15) is 0 Å². The van der Waals surface area contributed by atoms with Crippen LogP contribution in [0.5, 0.6) is 11.5 Å². The molecule has 0 atom stereocenters. The van der Waals surface area contributed by atoms with Crippen molar-refractivity contribution in [1.82, 2.24) is 0 Å². The van der Waals surface area contributed by atoms with Gasteiger partial charge in [0.2, 0.25) is 6.79 Å². The first kappa shape index (κ1) is 12.6. The number of rotatable bonds is 2. The van der Waals surface area contributed by atoms with Gasteiger partial charge in [-0.05, 0) is 12.1 Å². The molecule has 20 heavy (non-hydrogen) atoms. The largest absolute Gasteiger partial charge is 0.454 e. The highest BCUT2D eigenvalue weighted by molar-refractivity contribution is 6.34. The van der Waals surface area contributed by atoms with Crippen LogP contribution in [-0.4, -0.2) is 12.7 Å². The lowest BCUT2D eigenvalue weighted by Crippen LogP contribution is -2.13. The van der Waals surface area contributed by atoms with E-state index in [1.807, 2.05) is 0 Å². The number of nitrogen functional groups attached to an aromatic ring is 1. The van der Waals surface area contributed by atoms with Crippen molar-refractivity contribution in [2.45, 2.75) is 0 Å². The van der Waals surface area contributed by atoms with Crippen molar-refractivity contribution in [3.63, 3.8) is 0 Å². The van der Waals surface area contributed by atoms with E-state index in [2.05, 4.69) is 5.32 Å². The molecule has 3 N–H and O–H groups in total. The molecule has 1 heterocycles. The number of hydrogen-bond acceptors (Lipinski definition) is 4. The maximum absolute atomic E-state index is 12.2. The lowest BCUT2D eigenvalue weighted by atomic mass is 10.2. The van der Waals surface area contributed by atoms with Crippen LogP contribution in [0.1, 0.15) is 10.4 Å². The smallest absolute Gasteiger partial charge is 0.257 e. The van der Waals surface area contributed by atoms with Crippen molar-refractivity contribution in [3.8, 4) is 11.5 Å². The molecule has 1 aliphatic rings. The molecule has 0 saturated heterocycles. The third kappa shape index (κ3) is 2.23. The first-order chi connectivity index (χ1) is 9.65. The Morgan fingerprint density at radius 2 is 1.90 bits per heavy atom. The molecule has 0 radical (unpaired) electrons. The lowest BCUT2D eigenvalue weighted by molar-refractivity contribution is 0.102. The van der Waals surface area contributed by atoms with Crippen LogP contribution in [0.4, 0.5) is 11.4 Å². The van der Waals surface area contributed by atoms with Gasteiger partial charge in [-0.3, -0.25) is 4.79 Å². The molecule has 5 nitrogen and oxygen atoms in total. The summed E-state index contributed by atoms with van der Waals surface area (Å²) in [6.07, 6.45) is 0. The van der Waals surface area contributed by atoms with E-state index in [0.717, 1.165) is 0 Å². The number of ether oxygens (including phenoxy) is 2. The van der Waals surface area contributed by atoms with Gasteiger partial charge in [0.25, 0.3) is 5.91 Å². The highest BCUT2D eigenvalue weighted by Crippen LogP contribution is 2.38. The Kier molecular flexibility index (Phi) is 3.12. The number of hydrogen-bond donors (Lipinski definition) is 2. The average Bonchev–Trinajstić information content (AvgIpc) is 2.86. The van der Waals surface area contributed by atoms with Crippen molar-refractivity contribution in [3.05, 3.63) is 47.0 Å². The zero-order chi connectivity index (χ0) is 14.1. The molecule has 0 unspecified atom stereocenters. The summed E-state index contributed by atoms with van der Waals surface area (Å²) in [7, 11) is 0. The number of carbonyl (C=O) groups is 1. The number of nitrogens with one attached hydrogen (secondary N) is 1. The summed E-state index contributed by atoms with van der Waals surface area (Å²) in [6, 6.07) is 10.0. The molecule has 102 valence electrons. The van der Waals surface area contributed by atoms with E-state index >= 15 is 0 Å². The van der Waals surface area contributed by atoms with E-state index in [1.165, 1.54) is 0 Å². The topological polar surface area (TPSA) is 73.6 Å². The number of benzene rings is 2. The fraction of sp³-hybridized carbons (Fsp3) is 0.0714. The van der Waals surface area contributed by atoms with Crippen LogP contribution >= 0.6 is 11.6 Å². The Bertz CT molecular complexity index is 688. The average molecular weight is 291 g/mol. The van der Waals surface area contributed by atoms with Crippen LogP contribution in [0.3, 0.4) is 0 Å². The fourth-order valence-electron chi connectivity index (χ4n) is 1.90. The molecule has 0 fully saturated rings. The summed E-state index contributed by atoms with van der Waals surface area (Å²) >= 11 is 5.98. The van der Waals surface area contributed by atoms with E-state index in [9.17, 15) is 4.79 Å². The third-order valence-electron chi connectivity index (χ3n) is 2.91. The summed E-state index contributed by atoms with van der Waals surface area (Å²) in [5.74, 6) is 0.785. The molecular weight excluding hydrogens is 280 g/mol. The van der Waals surface area contributed by atoms with Gasteiger partial charge in [-0.2, -0.15) is 0 Å². The Labute approximate surface area is 120 Å². The van der Waals surface area contributed by atoms with E-state index in [1.54, 1.807) is 36.4 Å². The van der Waals surface area contributed by atoms with Gasteiger partial charge in [0.15, 0.2) is 11.5 Å². The first-order valence-electron chi connectivity index (χ1n) is 5.90. The SMILES string of the molecule is Nc1cc2c(cc1NC(=O)c1ccccc1Cl)OCO2. The first-order valence-corrected chi connectivity index (χ1v) is 6.28. The lowest BCUT2D eigenvalue weighted by Gasteiger charge is -2.10. The zero-order valence-electron chi connectivity index (χ0n) is 10.4. The molecule has 0 aliphatic carbocycles. The van der Waals surface area contributed by atoms with E-state index in [0.29, 0.717) is 33.5 Å². The number of anilines is 2. The Balaban J connectivity index is 1.88. The van der Waals surface area contributed by atoms with Gasteiger partial charge in [-0.15, -0.1) is 0 Å². The normalized spacial score (nSPS) is 12.2. The predicted octanol–water partition coefficient (Wildman–Crippen LogP) is 2.90. The minimum Gasteiger partial charge on any atom is -0.454 e. The number of carbonyl (C=O) groups excluding carboxylic acids is 1. The number of amides is 1. The van der Waals surface area contributed by atoms with E-state index in [-0.39, 0.29) is 12.7 Å². The van der Waals surface area contributed by atoms with Crippen molar-refractivity contribution < 1.29 is 14.3 Å². The monoisotopic (exact) mass is 290 g/mol. The molecule has 2 aromatic carbocycles. The molecule has 0 spiro atoms. The molecule has 3 rings (SSSR count). The molecule has 0 aromatic heterocycles. The second-order valence-corrected chi connectivity index (χ2v) is 4.63. The van der Waals surface area contributed by atoms with Crippen molar-refractivity contribution >= 4 is 28.9 Å². The van der Waals surface area contributed by atoms with Crippen molar-refractivity contribution in [2.24, 2.45) is 0 Å². The maximum Gasteiger partial charge on any atom is 0.257 e. The van der Waals surface area contributed by atoms with E-state index < -0.39 is 0 Å². The van der Waals surface area contributed by atoms with Gasteiger partial charge in [-0.25, -0.2) is 0 Å². The summed E-state index contributed by atoms with van der Waals surface area (Å²) in [4.78, 5) is 12.2. The molecule has 1 aliphatic heterocycles. The van der Waals surface area contributed by atoms with Crippen LogP contribution in [0.15, 0.2) is 36.4 Å². The summed E-state index contributed by atoms with van der Waals surface area (Å²) < 4.78 is 10.5. The molecule has 2 aromatic rings. The maximum atomic E-state index is 12.2. The number of fused-ring (bicyclic) bond motifs is 1. The minimum atomic E-state index is -0.332. The van der Waals surface area contributed by atoms with Gasteiger partial charge in [0, 0.05) is 12.1 Å².